The van der Waals surface area contributed by atoms with Gasteiger partial charge < -0.3 is 15.0 Å². The summed E-state index contributed by atoms with van der Waals surface area (Å²) in [7, 11) is -2.53. The number of ether oxygens (including phenoxy) is 1. The van der Waals surface area contributed by atoms with Gasteiger partial charge in [0.05, 0.1) is 17.7 Å². The molecule has 8 nitrogen and oxygen atoms in total. The maximum atomic E-state index is 14.0. The fourth-order valence-corrected chi connectivity index (χ4v) is 5.60. The van der Waals surface area contributed by atoms with Gasteiger partial charge in [-0.05, 0) is 74.2 Å². The van der Waals surface area contributed by atoms with E-state index < -0.39 is 28.5 Å². The van der Waals surface area contributed by atoms with Crippen molar-refractivity contribution < 1.29 is 22.7 Å². The minimum Gasteiger partial charge on any atom is -0.497 e. The number of carbonyl (C=O) groups excluding carboxylic acids is 2. The fourth-order valence-electron chi connectivity index (χ4n) is 4.16. The molecule has 9 heteroatoms. The summed E-state index contributed by atoms with van der Waals surface area (Å²) in [4.78, 5) is 28.6. The van der Waals surface area contributed by atoms with Crippen LogP contribution in [0.2, 0.25) is 0 Å². The van der Waals surface area contributed by atoms with E-state index in [9.17, 15) is 18.0 Å². The topological polar surface area (TPSA) is 96.0 Å². The van der Waals surface area contributed by atoms with E-state index in [1.165, 1.54) is 17.0 Å². The lowest BCUT2D eigenvalue weighted by Crippen LogP contribution is -2.52. The number of amides is 2. The first-order valence-corrected chi connectivity index (χ1v) is 14.9. The van der Waals surface area contributed by atoms with Gasteiger partial charge in [-0.3, -0.25) is 13.9 Å². The fraction of sp³-hybridized carbons (Fsp3) is 0.355. The number of anilines is 1. The third-order valence-corrected chi connectivity index (χ3v) is 8.69. The van der Waals surface area contributed by atoms with Gasteiger partial charge >= 0.3 is 0 Å². The zero-order valence-electron chi connectivity index (χ0n) is 23.8. The third kappa shape index (κ3) is 7.63. The maximum Gasteiger partial charge on any atom is 0.264 e. The van der Waals surface area contributed by atoms with Crippen LogP contribution in [0, 0.1) is 0 Å². The summed E-state index contributed by atoms with van der Waals surface area (Å²) in [6, 6.07) is 21.4. The van der Waals surface area contributed by atoms with Crippen LogP contribution >= 0.6 is 0 Å². The minimum absolute atomic E-state index is 0.0734. The molecule has 0 bridgehead atoms. The van der Waals surface area contributed by atoms with Crippen LogP contribution in [0.4, 0.5) is 5.69 Å². The number of hydrogen-bond donors (Lipinski definition) is 1. The maximum absolute atomic E-state index is 14.0. The highest BCUT2D eigenvalue weighted by molar-refractivity contribution is 7.92. The molecule has 0 saturated carbocycles. The van der Waals surface area contributed by atoms with E-state index in [2.05, 4.69) is 5.32 Å². The molecule has 0 aliphatic rings. The predicted octanol–water partition coefficient (Wildman–Crippen LogP) is 4.78. The van der Waals surface area contributed by atoms with Crippen molar-refractivity contribution in [2.75, 3.05) is 18.0 Å². The van der Waals surface area contributed by atoms with Crippen molar-refractivity contribution in [2.24, 2.45) is 0 Å². The average Bonchev–Trinajstić information content (AvgIpc) is 2.98. The average molecular weight is 566 g/mol. The highest BCUT2D eigenvalue weighted by Crippen LogP contribution is 2.25. The molecule has 214 valence electrons. The Morgan fingerprint density at radius 2 is 1.57 bits per heavy atom. The van der Waals surface area contributed by atoms with Gasteiger partial charge in [-0.1, -0.05) is 56.3 Å². The molecule has 0 unspecified atom stereocenters. The van der Waals surface area contributed by atoms with E-state index in [4.69, 9.17) is 4.74 Å². The van der Waals surface area contributed by atoms with Crippen molar-refractivity contribution in [2.45, 2.75) is 64.1 Å². The van der Waals surface area contributed by atoms with Gasteiger partial charge in [-0.15, -0.1) is 0 Å². The Hall–Kier alpha value is -3.85. The van der Waals surface area contributed by atoms with Gasteiger partial charge in [0.15, 0.2) is 0 Å². The molecule has 0 saturated heterocycles. The van der Waals surface area contributed by atoms with Gasteiger partial charge in [0.2, 0.25) is 11.8 Å². The number of nitrogens with one attached hydrogen (secondary N) is 1. The van der Waals surface area contributed by atoms with Gasteiger partial charge in [-0.2, -0.15) is 0 Å². The van der Waals surface area contributed by atoms with E-state index >= 15 is 0 Å². The summed E-state index contributed by atoms with van der Waals surface area (Å²) in [5, 5.41) is 2.94. The zero-order chi connectivity index (χ0) is 29.3. The number of methoxy groups -OCH3 is 1. The monoisotopic (exact) mass is 565 g/mol. The second-order valence-electron chi connectivity index (χ2n) is 9.71. The van der Waals surface area contributed by atoms with Crippen LogP contribution in [-0.2, 0) is 32.6 Å². The number of carbonyl (C=O) groups is 2. The van der Waals surface area contributed by atoms with Crippen molar-refractivity contribution in [3.63, 3.8) is 0 Å². The van der Waals surface area contributed by atoms with Crippen LogP contribution in [0.5, 0.6) is 5.75 Å². The number of sulfonamides is 1. The lowest BCUT2D eigenvalue weighted by atomic mass is 10.1. The summed E-state index contributed by atoms with van der Waals surface area (Å²) in [6.45, 7) is 7.14. The first-order valence-electron chi connectivity index (χ1n) is 13.5. The smallest absolute Gasteiger partial charge is 0.264 e. The quantitative estimate of drug-likeness (QED) is 0.322. The van der Waals surface area contributed by atoms with Crippen LogP contribution in [0.1, 0.15) is 45.2 Å². The van der Waals surface area contributed by atoms with Crippen molar-refractivity contribution in [3.8, 4) is 5.75 Å². The van der Waals surface area contributed by atoms with Crippen LogP contribution in [-0.4, -0.2) is 50.9 Å². The van der Waals surface area contributed by atoms with E-state index in [0.29, 0.717) is 11.4 Å². The Morgan fingerprint density at radius 3 is 2.17 bits per heavy atom. The molecule has 0 heterocycles. The predicted molar refractivity (Wildman–Crippen MR) is 158 cm³/mol. The van der Waals surface area contributed by atoms with Crippen molar-refractivity contribution >= 4 is 27.5 Å². The molecule has 0 aliphatic carbocycles. The number of nitrogens with zero attached hydrogens (tertiary/aromatic N) is 2. The molecular weight excluding hydrogens is 526 g/mol. The van der Waals surface area contributed by atoms with Gasteiger partial charge in [-0.25, -0.2) is 8.42 Å². The number of benzene rings is 3. The normalized spacial score (nSPS) is 12.7. The minimum atomic E-state index is -4.09. The Kier molecular flexibility index (Phi) is 10.7. The van der Waals surface area contributed by atoms with E-state index in [1.54, 1.807) is 56.5 Å². The Balaban J connectivity index is 2.02. The van der Waals surface area contributed by atoms with Gasteiger partial charge in [0.1, 0.15) is 18.3 Å². The van der Waals surface area contributed by atoms with Crippen molar-refractivity contribution in [3.05, 3.63) is 90.0 Å². The third-order valence-electron chi connectivity index (χ3n) is 6.90. The van der Waals surface area contributed by atoms with Crippen LogP contribution < -0.4 is 14.4 Å². The summed E-state index contributed by atoms with van der Waals surface area (Å²) < 4.78 is 34.1. The largest absolute Gasteiger partial charge is 0.497 e. The summed E-state index contributed by atoms with van der Waals surface area (Å²) >= 11 is 0. The lowest BCUT2D eigenvalue weighted by molar-refractivity contribution is -0.139. The van der Waals surface area contributed by atoms with E-state index in [-0.39, 0.29) is 23.4 Å². The Bertz CT molecular complexity index is 1380. The standard InChI is InChI=1S/C31H39N3O5S/c1-6-23(3)32-31(36)24(4)33(21-26-12-11-13-28(20-26)39-5)30(35)22-34(27-18-16-25(7-2)17-19-27)40(37,38)29-14-9-8-10-15-29/h8-20,23-24H,6-7,21-22H2,1-5H3,(H,32,36)/t23-,24+/m0/s1. The Morgan fingerprint density at radius 1 is 0.900 bits per heavy atom. The number of hydrogen-bond acceptors (Lipinski definition) is 5. The van der Waals surface area contributed by atoms with Crippen molar-refractivity contribution in [1.29, 1.82) is 0 Å². The van der Waals surface area contributed by atoms with Crippen LogP contribution in [0.3, 0.4) is 0 Å². The summed E-state index contributed by atoms with van der Waals surface area (Å²) in [6.07, 6.45) is 1.53. The Labute approximate surface area is 238 Å². The highest BCUT2D eigenvalue weighted by atomic mass is 32.2. The molecular formula is C31H39N3O5S. The van der Waals surface area contributed by atoms with E-state index in [0.717, 1.165) is 28.3 Å². The molecule has 2 atom stereocenters. The molecule has 2 amide bonds. The molecule has 0 radical (unpaired) electrons. The molecule has 40 heavy (non-hydrogen) atoms. The summed E-state index contributed by atoms with van der Waals surface area (Å²) in [5.41, 5.74) is 2.16. The molecule has 3 rings (SSSR count). The number of aryl methyl sites for hydroxylation is 1. The molecule has 3 aromatic carbocycles. The number of rotatable bonds is 13. The SMILES string of the molecule is CCc1ccc(N(CC(=O)N(Cc2cccc(OC)c2)[C@H](C)C(=O)N[C@@H](C)CC)S(=O)(=O)c2ccccc2)cc1. The first kappa shape index (κ1) is 30.7. The summed E-state index contributed by atoms with van der Waals surface area (Å²) in [5.74, 6) is -0.199. The lowest BCUT2D eigenvalue weighted by Gasteiger charge is -2.32. The second kappa shape index (κ2) is 14.0. The molecule has 0 fully saturated rings. The molecule has 3 aromatic rings. The van der Waals surface area contributed by atoms with Gasteiger partial charge in [0.25, 0.3) is 10.0 Å². The van der Waals surface area contributed by atoms with Crippen molar-refractivity contribution in [1.82, 2.24) is 10.2 Å². The molecule has 0 aromatic heterocycles. The first-order chi connectivity index (χ1) is 19.1. The molecule has 0 spiro atoms. The molecule has 1 N–H and O–H groups in total. The van der Waals surface area contributed by atoms with E-state index in [1.807, 2.05) is 45.0 Å². The molecule has 0 aliphatic heterocycles. The van der Waals surface area contributed by atoms with Crippen LogP contribution in [0.15, 0.2) is 83.8 Å². The van der Waals surface area contributed by atoms with Gasteiger partial charge in [0, 0.05) is 12.6 Å². The van der Waals surface area contributed by atoms with Crippen LogP contribution in [0.25, 0.3) is 0 Å². The zero-order valence-corrected chi connectivity index (χ0v) is 24.6. The highest BCUT2D eigenvalue weighted by Gasteiger charge is 2.32. The second-order valence-corrected chi connectivity index (χ2v) is 11.6.